The van der Waals surface area contributed by atoms with Gasteiger partial charge in [-0.3, -0.25) is 0 Å². The molecule has 0 aromatic rings. The first kappa shape index (κ1) is 22.5. The molecule has 0 aliphatic rings. The van der Waals surface area contributed by atoms with Crippen LogP contribution in [0.1, 0.15) is 20.8 Å². The van der Waals surface area contributed by atoms with E-state index in [0.717, 1.165) is 0 Å². The van der Waals surface area contributed by atoms with Crippen LogP contribution in [0.15, 0.2) is 0 Å². The summed E-state index contributed by atoms with van der Waals surface area (Å²) in [5, 5.41) is 22.7. The Morgan fingerprint density at radius 3 is 0.700 bits per heavy atom. The Morgan fingerprint density at radius 2 is 0.700 bits per heavy atom. The second kappa shape index (κ2) is 49.2. The van der Waals surface area contributed by atoms with E-state index in [1.54, 1.807) is 20.8 Å². The maximum absolute atomic E-state index is 7.57. The molecule has 69 valence electrons. The molecule has 1 radical (unpaired) electrons. The Balaban J connectivity index is -0.0000000257. The Hall–Kier alpha value is 1.17. The van der Waals surface area contributed by atoms with Crippen molar-refractivity contribution in [1.29, 1.82) is 0 Å². The molecule has 0 fully saturated rings. The summed E-state index contributed by atoms with van der Waals surface area (Å²) < 4.78 is 0. The van der Waals surface area contributed by atoms with Crippen LogP contribution in [0.3, 0.4) is 0 Å². The van der Waals surface area contributed by atoms with Crippen molar-refractivity contribution < 1.29 is 53.9 Å². The van der Waals surface area contributed by atoms with Crippen molar-refractivity contribution in [3.8, 4) is 0 Å². The van der Waals surface area contributed by atoms with E-state index < -0.39 is 0 Å². The van der Waals surface area contributed by atoms with Crippen molar-refractivity contribution in [2.45, 2.75) is 20.8 Å². The molecule has 0 aromatic carbocycles. The summed E-state index contributed by atoms with van der Waals surface area (Å²) in [7, 11) is 0. The summed E-state index contributed by atoms with van der Waals surface area (Å²) in [5.41, 5.74) is 0. The predicted octanol–water partition coefficient (Wildman–Crippen LogP) is -0.00420. The zero-order chi connectivity index (χ0) is 8.12. The van der Waals surface area contributed by atoms with Gasteiger partial charge in [0.2, 0.25) is 0 Å². The Kier molecular flexibility index (Phi) is 111. The zero-order valence-corrected chi connectivity index (χ0v) is 8.94. The Morgan fingerprint density at radius 1 is 0.700 bits per heavy atom. The van der Waals surface area contributed by atoms with Crippen molar-refractivity contribution >= 4 is 0 Å². The molecule has 0 amide bonds. The van der Waals surface area contributed by atoms with E-state index in [4.69, 9.17) is 15.3 Å². The number of hydrogen-bond acceptors (Lipinski definition) is 3. The van der Waals surface area contributed by atoms with Gasteiger partial charge in [0.15, 0.2) is 0 Å². The van der Waals surface area contributed by atoms with Crippen LogP contribution < -0.4 is 0 Å². The van der Waals surface area contributed by atoms with E-state index >= 15 is 0 Å². The van der Waals surface area contributed by atoms with Crippen LogP contribution in [0.25, 0.3) is 0 Å². The van der Waals surface area contributed by atoms with Crippen LogP contribution in [0.4, 0.5) is 0 Å². The molecule has 0 unspecified atom stereocenters. The van der Waals surface area contributed by atoms with E-state index in [1.165, 1.54) is 0 Å². The summed E-state index contributed by atoms with van der Waals surface area (Å²) in [6.45, 7) is 5.79. The van der Waals surface area contributed by atoms with Gasteiger partial charge in [-0.15, -0.1) is 0 Å². The van der Waals surface area contributed by atoms with Crippen molar-refractivity contribution in [2.24, 2.45) is 0 Å². The fourth-order valence-electron chi connectivity index (χ4n) is 0. The van der Waals surface area contributed by atoms with Gasteiger partial charge in [0, 0.05) is 58.4 Å². The van der Waals surface area contributed by atoms with Crippen molar-refractivity contribution in [3.05, 3.63) is 0 Å². The smallest absolute Gasteiger partial charge is 0.0402 e. The second-order valence-corrected chi connectivity index (χ2v) is 0.949. The van der Waals surface area contributed by atoms with Gasteiger partial charge in [0.25, 0.3) is 0 Å². The number of aliphatic hydroxyl groups is 3. The minimum Gasteiger partial charge on any atom is -0.397 e. The van der Waals surface area contributed by atoms with E-state index in [0.29, 0.717) is 0 Å². The van der Waals surface area contributed by atoms with Crippen LogP contribution in [0.2, 0.25) is 0 Å². The molecule has 0 atom stereocenters. The second-order valence-electron chi connectivity index (χ2n) is 0.949. The van der Waals surface area contributed by atoms with Gasteiger partial charge in [0.1, 0.15) is 0 Å². The molecule has 3 nitrogen and oxygen atoms in total. The van der Waals surface area contributed by atoms with E-state index in [2.05, 4.69) is 0 Å². The normalized spacial score (nSPS) is 5.40. The fourth-order valence-corrected chi connectivity index (χ4v) is 0. The van der Waals surface area contributed by atoms with Crippen LogP contribution in [-0.4, -0.2) is 35.1 Å². The van der Waals surface area contributed by atoms with Crippen molar-refractivity contribution in [2.75, 3.05) is 19.8 Å². The summed E-state index contributed by atoms with van der Waals surface area (Å²) in [5.74, 6) is 0. The molecule has 0 aromatic heterocycles. The Labute approximate surface area is 93.9 Å². The predicted molar refractivity (Wildman–Crippen MR) is 38.3 cm³/mol. The van der Waals surface area contributed by atoms with Gasteiger partial charge >= 0.3 is 0 Å². The standard InChI is InChI=1S/3C2H6O.Tb/c3*1-2-3;/h3*3H,2H2,1H3;. The molecule has 4 heteroatoms. The maximum Gasteiger partial charge on any atom is 0.0402 e. The average molecular weight is 297 g/mol. The molecule has 0 rings (SSSR count). The van der Waals surface area contributed by atoms with E-state index in [1.807, 2.05) is 0 Å². The first-order chi connectivity index (χ1) is 4.24. The van der Waals surface area contributed by atoms with Crippen molar-refractivity contribution in [3.63, 3.8) is 0 Å². The molecule has 10 heavy (non-hydrogen) atoms. The summed E-state index contributed by atoms with van der Waals surface area (Å²) >= 11 is 0. The molecule has 0 heterocycles. The molecule has 0 saturated carbocycles. The monoisotopic (exact) mass is 297 g/mol. The molecule has 3 N–H and O–H groups in total. The number of hydrogen-bond donors (Lipinski definition) is 3. The number of rotatable bonds is 0. The van der Waals surface area contributed by atoms with Gasteiger partial charge in [-0.25, -0.2) is 0 Å². The van der Waals surface area contributed by atoms with Crippen LogP contribution in [0.5, 0.6) is 0 Å². The molecule has 0 saturated heterocycles. The third kappa shape index (κ3) is 450. The van der Waals surface area contributed by atoms with E-state index in [-0.39, 0.29) is 58.4 Å². The van der Waals surface area contributed by atoms with Gasteiger partial charge in [-0.05, 0) is 20.8 Å². The SMILES string of the molecule is CCO.CCO.CCO.[Tb]. The maximum atomic E-state index is 7.57. The minimum absolute atomic E-state index is 0. The molecule has 0 aliphatic carbocycles. The minimum atomic E-state index is 0. The molecule has 0 spiro atoms. The van der Waals surface area contributed by atoms with Crippen molar-refractivity contribution in [1.82, 2.24) is 0 Å². The van der Waals surface area contributed by atoms with Crippen LogP contribution in [0, 0.1) is 38.6 Å². The largest absolute Gasteiger partial charge is 0.397 e. The molecular formula is C6H18O3Tb. The Bertz CT molecular complexity index is 17.7. The fraction of sp³-hybridized carbons (Fsp3) is 1.00. The average Bonchev–Trinajstić information content (AvgIpc) is 1.70. The zero-order valence-electron chi connectivity index (χ0n) is 6.80. The van der Waals surface area contributed by atoms with Crippen LogP contribution in [-0.2, 0) is 0 Å². The molecule has 0 aliphatic heterocycles. The molecule has 0 bridgehead atoms. The summed E-state index contributed by atoms with van der Waals surface area (Å²) in [6.07, 6.45) is 0. The third-order valence-electron chi connectivity index (χ3n) is 0. The summed E-state index contributed by atoms with van der Waals surface area (Å²) in [4.78, 5) is 0. The van der Waals surface area contributed by atoms with Gasteiger partial charge in [-0.2, -0.15) is 0 Å². The third-order valence-corrected chi connectivity index (χ3v) is 0. The molecular weight excluding hydrogens is 279 g/mol. The van der Waals surface area contributed by atoms with Gasteiger partial charge in [0.05, 0.1) is 0 Å². The van der Waals surface area contributed by atoms with Gasteiger partial charge < -0.3 is 15.3 Å². The number of aliphatic hydroxyl groups excluding tert-OH is 3. The first-order valence-electron chi connectivity index (χ1n) is 3.07. The topological polar surface area (TPSA) is 60.7 Å². The van der Waals surface area contributed by atoms with Crippen LogP contribution >= 0.6 is 0 Å². The quantitative estimate of drug-likeness (QED) is 0.590. The van der Waals surface area contributed by atoms with Gasteiger partial charge in [-0.1, -0.05) is 0 Å². The first-order valence-corrected chi connectivity index (χ1v) is 3.07. The summed E-state index contributed by atoms with van der Waals surface area (Å²) in [6, 6.07) is 0. The van der Waals surface area contributed by atoms with E-state index in [9.17, 15) is 0 Å².